The number of nitrogens with one attached hydrogen (secondary N) is 1. The van der Waals surface area contributed by atoms with Gasteiger partial charge < -0.3 is 14.6 Å². The predicted molar refractivity (Wildman–Crippen MR) is 92.2 cm³/mol. The number of aromatic nitrogens is 3. The summed E-state index contributed by atoms with van der Waals surface area (Å²) in [6, 6.07) is 15.4. The van der Waals surface area contributed by atoms with Crippen LogP contribution in [0.4, 0.5) is 0 Å². The lowest BCUT2D eigenvalue weighted by atomic mass is 10.2. The van der Waals surface area contributed by atoms with Crippen LogP contribution >= 0.6 is 0 Å². The Hall–Kier alpha value is -2.86. The molecule has 24 heavy (non-hydrogen) atoms. The van der Waals surface area contributed by atoms with Gasteiger partial charge in [0.15, 0.2) is 0 Å². The summed E-state index contributed by atoms with van der Waals surface area (Å²) in [6.07, 6.45) is 1.95. The lowest BCUT2D eigenvalue weighted by Crippen LogP contribution is -2.28. The molecule has 1 amide bonds. The monoisotopic (exact) mass is 324 g/mol. The largest absolute Gasteiger partial charge is 0.383 e. The summed E-state index contributed by atoms with van der Waals surface area (Å²) in [7, 11) is 3.56. The molecule has 0 radical (unpaired) electrons. The SMILES string of the molecule is COCCNC(=O)c1cc(-c2cccn2C)nn1-c1ccccc1. The number of aryl methyl sites for hydroxylation is 1. The molecule has 6 heteroatoms. The molecule has 0 aliphatic rings. The zero-order chi connectivity index (χ0) is 16.9. The van der Waals surface area contributed by atoms with Gasteiger partial charge in [-0.25, -0.2) is 4.68 Å². The van der Waals surface area contributed by atoms with Crippen molar-refractivity contribution in [1.29, 1.82) is 0 Å². The topological polar surface area (TPSA) is 61.1 Å². The number of carbonyl (C=O) groups excluding carboxylic acids is 1. The smallest absolute Gasteiger partial charge is 0.270 e. The van der Waals surface area contributed by atoms with E-state index < -0.39 is 0 Å². The van der Waals surface area contributed by atoms with Gasteiger partial charge in [0.05, 0.1) is 18.0 Å². The quantitative estimate of drug-likeness (QED) is 0.708. The Bertz CT molecular complexity index is 821. The van der Waals surface area contributed by atoms with Crippen LogP contribution in [0.2, 0.25) is 0 Å². The third-order valence-corrected chi connectivity index (χ3v) is 3.74. The van der Waals surface area contributed by atoms with E-state index in [1.807, 2.05) is 66.3 Å². The maximum Gasteiger partial charge on any atom is 0.270 e. The fourth-order valence-electron chi connectivity index (χ4n) is 2.52. The van der Waals surface area contributed by atoms with E-state index in [0.717, 1.165) is 17.1 Å². The molecule has 1 aromatic carbocycles. The number of amides is 1. The zero-order valence-corrected chi connectivity index (χ0v) is 13.8. The minimum Gasteiger partial charge on any atom is -0.383 e. The van der Waals surface area contributed by atoms with Gasteiger partial charge in [-0.15, -0.1) is 0 Å². The van der Waals surface area contributed by atoms with E-state index in [1.165, 1.54) is 0 Å². The molecule has 124 valence electrons. The first-order chi connectivity index (χ1) is 11.7. The second-order valence-corrected chi connectivity index (χ2v) is 5.42. The molecule has 2 heterocycles. The summed E-state index contributed by atoms with van der Waals surface area (Å²) >= 11 is 0. The van der Waals surface area contributed by atoms with Crippen molar-refractivity contribution in [3.05, 3.63) is 60.4 Å². The van der Waals surface area contributed by atoms with Gasteiger partial charge in [0, 0.05) is 26.9 Å². The van der Waals surface area contributed by atoms with Crippen LogP contribution in [0.5, 0.6) is 0 Å². The Labute approximate surface area is 140 Å². The molecule has 2 aromatic heterocycles. The van der Waals surface area contributed by atoms with Gasteiger partial charge in [0.25, 0.3) is 5.91 Å². The first-order valence-electron chi connectivity index (χ1n) is 7.75. The predicted octanol–water partition coefficient (Wildman–Crippen LogP) is 2.25. The summed E-state index contributed by atoms with van der Waals surface area (Å²) in [5, 5.41) is 7.49. The number of para-hydroxylation sites is 1. The molecule has 0 unspecified atom stereocenters. The molecule has 3 rings (SSSR count). The van der Waals surface area contributed by atoms with Crippen molar-refractivity contribution in [2.45, 2.75) is 0 Å². The van der Waals surface area contributed by atoms with Crippen LogP contribution < -0.4 is 5.32 Å². The van der Waals surface area contributed by atoms with E-state index >= 15 is 0 Å². The molecule has 0 saturated heterocycles. The maximum absolute atomic E-state index is 12.5. The van der Waals surface area contributed by atoms with Crippen LogP contribution in [0.3, 0.4) is 0 Å². The Kier molecular flexibility index (Phi) is 4.77. The minimum atomic E-state index is -0.177. The van der Waals surface area contributed by atoms with Gasteiger partial charge in [-0.05, 0) is 30.3 Å². The average Bonchev–Trinajstić information content (AvgIpc) is 3.22. The molecule has 0 aliphatic carbocycles. The molecular weight excluding hydrogens is 304 g/mol. The molecule has 0 saturated carbocycles. The van der Waals surface area contributed by atoms with Crippen LogP contribution in [-0.2, 0) is 11.8 Å². The van der Waals surface area contributed by atoms with Crippen molar-refractivity contribution < 1.29 is 9.53 Å². The van der Waals surface area contributed by atoms with E-state index in [-0.39, 0.29) is 5.91 Å². The third-order valence-electron chi connectivity index (χ3n) is 3.74. The highest BCUT2D eigenvalue weighted by Gasteiger charge is 2.18. The fourth-order valence-corrected chi connectivity index (χ4v) is 2.52. The Balaban J connectivity index is 2.00. The average molecular weight is 324 g/mol. The third kappa shape index (κ3) is 3.23. The van der Waals surface area contributed by atoms with E-state index in [2.05, 4.69) is 10.4 Å². The highest BCUT2D eigenvalue weighted by molar-refractivity contribution is 5.94. The van der Waals surface area contributed by atoms with Crippen molar-refractivity contribution in [2.75, 3.05) is 20.3 Å². The Morgan fingerprint density at radius 3 is 2.67 bits per heavy atom. The molecule has 0 fully saturated rings. The van der Waals surface area contributed by atoms with E-state index in [0.29, 0.717) is 18.8 Å². The first-order valence-corrected chi connectivity index (χ1v) is 7.75. The number of hydrogen-bond donors (Lipinski definition) is 1. The lowest BCUT2D eigenvalue weighted by molar-refractivity contribution is 0.0929. The second kappa shape index (κ2) is 7.14. The van der Waals surface area contributed by atoms with Gasteiger partial charge in [-0.1, -0.05) is 18.2 Å². The lowest BCUT2D eigenvalue weighted by Gasteiger charge is -2.07. The van der Waals surface area contributed by atoms with Crippen molar-refractivity contribution in [2.24, 2.45) is 7.05 Å². The minimum absolute atomic E-state index is 0.177. The molecule has 0 spiro atoms. The van der Waals surface area contributed by atoms with Crippen LogP contribution in [0.15, 0.2) is 54.7 Å². The summed E-state index contributed by atoms with van der Waals surface area (Å²) in [5.74, 6) is -0.177. The standard InChI is InChI=1S/C18H20N4O2/c1-21-11-6-9-16(21)15-13-17(18(23)19-10-12-24-2)22(20-15)14-7-4-3-5-8-14/h3-9,11,13H,10,12H2,1-2H3,(H,19,23). The summed E-state index contributed by atoms with van der Waals surface area (Å²) in [5.41, 5.74) is 3.04. The van der Waals surface area contributed by atoms with Gasteiger partial charge in [-0.2, -0.15) is 5.10 Å². The highest BCUT2D eigenvalue weighted by Crippen LogP contribution is 2.21. The van der Waals surface area contributed by atoms with Crippen molar-refractivity contribution in [1.82, 2.24) is 19.7 Å². The zero-order valence-electron chi connectivity index (χ0n) is 13.8. The molecule has 0 bridgehead atoms. The van der Waals surface area contributed by atoms with Gasteiger partial charge in [0.2, 0.25) is 0 Å². The summed E-state index contributed by atoms with van der Waals surface area (Å²) in [6.45, 7) is 0.921. The molecular formula is C18H20N4O2. The van der Waals surface area contributed by atoms with Crippen LogP contribution in [0.1, 0.15) is 10.5 Å². The van der Waals surface area contributed by atoms with Gasteiger partial charge in [-0.3, -0.25) is 4.79 Å². The van der Waals surface area contributed by atoms with Crippen molar-refractivity contribution >= 4 is 5.91 Å². The number of benzene rings is 1. The number of rotatable bonds is 6. The summed E-state index contributed by atoms with van der Waals surface area (Å²) in [4.78, 5) is 12.5. The number of hydrogen-bond acceptors (Lipinski definition) is 3. The molecule has 1 N–H and O–H groups in total. The number of carbonyl (C=O) groups is 1. The normalized spacial score (nSPS) is 10.8. The maximum atomic E-state index is 12.5. The van der Waals surface area contributed by atoms with Gasteiger partial charge in [0.1, 0.15) is 11.4 Å². The first kappa shape index (κ1) is 16.0. The fraction of sp³-hybridized carbons (Fsp3) is 0.222. The van der Waals surface area contributed by atoms with Crippen LogP contribution in [0.25, 0.3) is 17.1 Å². The molecule has 0 aliphatic heterocycles. The Morgan fingerprint density at radius 1 is 1.21 bits per heavy atom. The van der Waals surface area contributed by atoms with Gasteiger partial charge >= 0.3 is 0 Å². The van der Waals surface area contributed by atoms with Crippen LogP contribution in [-0.4, -0.2) is 40.5 Å². The number of methoxy groups -OCH3 is 1. The molecule has 0 atom stereocenters. The van der Waals surface area contributed by atoms with E-state index in [4.69, 9.17) is 4.74 Å². The van der Waals surface area contributed by atoms with E-state index in [9.17, 15) is 4.79 Å². The number of ether oxygens (including phenoxy) is 1. The van der Waals surface area contributed by atoms with E-state index in [1.54, 1.807) is 11.8 Å². The molecule has 3 aromatic rings. The highest BCUT2D eigenvalue weighted by atomic mass is 16.5. The van der Waals surface area contributed by atoms with Crippen molar-refractivity contribution in [3.8, 4) is 17.1 Å². The Morgan fingerprint density at radius 2 is 2.00 bits per heavy atom. The van der Waals surface area contributed by atoms with Crippen LogP contribution in [0, 0.1) is 0 Å². The summed E-state index contributed by atoms with van der Waals surface area (Å²) < 4.78 is 8.63. The molecule has 6 nitrogen and oxygen atoms in total. The number of nitrogens with zero attached hydrogens (tertiary/aromatic N) is 3. The van der Waals surface area contributed by atoms with Crippen molar-refractivity contribution in [3.63, 3.8) is 0 Å². The second-order valence-electron chi connectivity index (χ2n) is 5.42.